The first-order valence-corrected chi connectivity index (χ1v) is 8.13. The second kappa shape index (κ2) is 6.48. The molecule has 0 bridgehead atoms. The predicted octanol–water partition coefficient (Wildman–Crippen LogP) is 2.92. The lowest BCUT2D eigenvalue weighted by molar-refractivity contribution is 0.480. The smallest absolute Gasteiger partial charge is 0.110 e. The molecule has 0 saturated heterocycles. The van der Waals surface area contributed by atoms with E-state index in [-0.39, 0.29) is 0 Å². The van der Waals surface area contributed by atoms with E-state index in [1.165, 1.54) is 24.8 Å². The standard InChI is InChI=1S/C17H26N4/c1-3-8-19-17(14-4-5-14)15-6-10-21(13-15)11-7-16-18-9-12-20(16)2/h6,9-10,12-14,17,19H,3-5,7-8,11H2,1-2H3. The van der Waals surface area contributed by atoms with Crippen LogP contribution in [0.3, 0.4) is 0 Å². The van der Waals surface area contributed by atoms with Crippen LogP contribution < -0.4 is 5.32 Å². The van der Waals surface area contributed by atoms with Crippen LogP contribution >= 0.6 is 0 Å². The zero-order valence-corrected chi connectivity index (χ0v) is 13.1. The van der Waals surface area contributed by atoms with Crippen LogP contribution in [-0.4, -0.2) is 20.7 Å². The van der Waals surface area contributed by atoms with Gasteiger partial charge in [0.1, 0.15) is 5.82 Å². The molecule has 1 aliphatic carbocycles. The molecule has 114 valence electrons. The van der Waals surface area contributed by atoms with Gasteiger partial charge in [0.05, 0.1) is 0 Å². The summed E-state index contributed by atoms with van der Waals surface area (Å²) in [5.41, 5.74) is 1.45. The summed E-state index contributed by atoms with van der Waals surface area (Å²) >= 11 is 0. The summed E-state index contributed by atoms with van der Waals surface area (Å²) in [5.74, 6) is 2.00. The van der Waals surface area contributed by atoms with Gasteiger partial charge in [0.15, 0.2) is 0 Å². The van der Waals surface area contributed by atoms with Crippen LogP contribution in [0, 0.1) is 5.92 Å². The minimum atomic E-state index is 0.555. The first-order valence-electron chi connectivity index (χ1n) is 8.13. The molecule has 3 rings (SSSR count). The average molecular weight is 286 g/mol. The maximum absolute atomic E-state index is 4.39. The molecule has 1 unspecified atom stereocenters. The second-order valence-corrected chi connectivity index (χ2v) is 6.16. The summed E-state index contributed by atoms with van der Waals surface area (Å²) in [6.45, 7) is 4.34. The van der Waals surface area contributed by atoms with Gasteiger partial charge in [-0.1, -0.05) is 6.92 Å². The van der Waals surface area contributed by atoms with Crippen molar-refractivity contribution in [3.63, 3.8) is 0 Å². The minimum Gasteiger partial charge on any atom is -0.353 e. The number of hydrogen-bond acceptors (Lipinski definition) is 2. The van der Waals surface area contributed by atoms with Crippen LogP contribution in [0.5, 0.6) is 0 Å². The summed E-state index contributed by atoms with van der Waals surface area (Å²) < 4.78 is 4.40. The minimum absolute atomic E-state index is 0.555. The van der Waals surface area contributed by atoms with Crippen molar-refractivity contribution in [2.75, 3.05) is 6.54 Å². The molecule has 4 nitrogen and oxygen atoms in total. The Morgan fingerprint density at radius 1 is 1.38 bits per heavy atom. The molecule has 2 aromatic rings. The zero-order valence-electron chi connectivity index (χ0n) is 13.1. The van der Waals surface area contributed by atoms with Crippen molar-refractivity contribution in [2.24, 2.45) is 13.0 Å². The van der Waals surface area contributed by atoms with Crippen molar-refractivity contribution in [2.45, 2.75) is 45.2 Å². The van der Waals surface area contributed by atoms with Crippen molar-refractivity contribution < 1.29 is 0 Å². The molecule has 21 heavy (non-hydrogen) atoms. The molecular formula is C17H26N4. The van der Waals surface area contributed by atoms with Crippen LogP contribution in [0.25, 0.3) is 0 Å². The fourth-order valence-electron chi connectivity index (χ4n) is 2.93. The lowest BCUT2D eigenvalue weighted by atomic mass is 10.1. The van der Waals surface area contributed by atoms with Gasteiger partial charge in [0.2, 0.25) is 0 Å². The Hall–Kier alpha value is -1.55. The first kappa shape index (κ1) is 14.4. The van der Waals surface area contributed by atoms with E-state index in [0.29, 0.717) is 6.04 Å². The van der Waals surface area contributed by atoms with E-state index in [1.807, 2.05) is 12.4 Å². The number of rotatable bonds is 8. The normalized spacial score (nSPS) is 16.3. The third-order valence-electron chi connectivity index (χ3n) is 4.35. The highest BCUT2D eigenvalue weighted by molar-refractivity contribution is 5.18. The largest absolute Gasteiger partial charge is 0.353 e. The van der Waals surface area contributed by atoms with E-state index in [1.54, 1.807) is 0 Å². The number of imidazole rings is 1. The Morgan fingerprint density at radius 3 is 2.90 bits per heavy atom. The molecule has 0 aliphatic heterocycles. The van der Waals surface area contributed by atoms with Crippen molar-refractivity contribution in [1.29, 1.82) is 0 Å². The van der Waals surface area contributed by atoms with E-state index < -0.39 is 0 Å². The third-order valence-corrected chi connectivity index (χ3v) is 4.35. The van der Waals surface area contributed by atoms with Gasteiger partial charge in [-0.2, -0.15) is 0 Å². The SMILES string of the molecule is CCCNC(c1ccn(CCc2nccn2C)c1)C1CC1. The second-order valence-electron chi connectivity index (χ2n) is 6.16. The van der Waals surface area contributed by atoms with Crippen LogP contribution in [0.15, 0.2) is 30.9 Å². The highest BCUT2D eigenvalue weighted by Gasteiger charge is 2.32. The molecule has 1 aliphatic rings. The molecule has 2 heterocycles. The monoisotopic (exact) mass is 286 g/mol. The molecule has 0 spiro atoms. The molecule has 2 aromatic heterocycles. The maximum Gasteiger partial charge on any atom is 0.110 e. The number of aromatic nitrogens is 3. The molecule has 4 heteroatoms. The Labute approximate surface area is 127 Å². The van der Waals surface area contributed by atoms with Gasteiger partial charge < -0.3 is 14.5 Å². The lowest BCUT2D eigenvalue weighted by Gasteiger charge is -2.16. The number of aryl methyl sites for hydroxylation is 3. The van der Waals surface area contributed by atoms with Crippen molar-refractivity contribution in [3.05, 3.63) is 42.2 Å². The molecule has 0 amide bonds. The molecule has 0 radical (unpaired) electrons. The van der Waals surface area contributed by atoms with Gasteiger partial charge in [-0.25, -0.2) is 4.98 Å². The number of nitrogens with zero attached hydrogens (tertiary/aromatic N) is 3. The topological polar surface area (TPSA) is 34.8 Å². The fourth-order valence-corrected chi connectivity index (χ4v) is 2.93. The molecule has 1 atom stereocenters. The van der Waals surface area contributed by atoms with Crippen molar-refractivity contribution in [1.82, 2.24) is 19.4 Å². The summed E-state index contributed by atoms with van der Waals surface area (Å²) in [4.78, 5) is 4.39. The van der Waals surface area contributed by atoms with E-state index in [9.17, 15) is 0 Å². The van der Waals surface area contributed by atoms with Crippen LogP contribution in [0.2, 0.25) is 0 Å². The van der Waals surface area contributed by atoms with Gasteiger partial charge in [-0.05, 0) is 43.4 Å². The summed E-state index contributed by atoms with van der Waals surface area (Å²) in [6.07, 6.45) is 13.3. The van der Waals surface area contributed by atoms with Crippen LogP contribution in [0.4, 0.5) is 0 Å². The Morgan fingerprint density at radius 2 is 2.24 bits per heavy atom. The van der Waals surface area contributed by atoms with E-state index in [0.717, 1.165) is 31.3 Å². The van der Waals surface area contributed by atoms with Crippen LogP contribution in [0.1, 0.15) is 43.6 Å². The Kier molecular flexibility index (Phi) is 4.44. The molecule has 1 saturated carbocycles. The number of nitrogens with one attached hydrogen (secondary N) is 1. The first-order chi connectivity index (χ1) is 10.3. The van der Waals surface area contributed by atoms with Gasteiger partial charge in [0, 0.05) is 50.8 Å². The van der Waals surface area contributed by atoms with Gasteiger partial charge in [-0.3, -0.25) is 0 Å². The molecule has 1 fully saturated rings. The highest BCUT2D eigenvalue weighted by Crippen LogP contribution is 2.41. The summed E-state index contributed by atoms with van der Waals surface area (Å²) in [7, 11) is 2.06. The highest BCUT2D eigenvalue weighted by atomic mass is 15.0. The lowest BCUT2D eigenvalue weighted by Crippen LogP contribution is -2.23. The molecular weight excluding hydrogens is 260 g/mol. The average Bonchev–Trinajstić information content (AvgIpc) is 3.07. The van der Waals surface area contributed by atoms with Crippen molar-refractivity contribution in [3.8, 4) is 0 Å². The van der Waals surface area contributed by atoms with E-state index in [2.05, 4.69) is 51.9 Å². The van der Waals surface area contributed by atoms with E-state index in [4.69, 9.17) is 0 Å². The summed E-state index contributed by atoms with van der Waals surface area (Å²) in [5, 5.41) is 3.71. The fraction of sp³-hybridized carbons (Fsp3) is 0.588. The summed E-state index contributed by atoms with van der Waals surface area (Å²) in [6, 6.07) is 2.84. The van der Waals surface area contributed by atoms with Gasteiger partial charge >= 0.3 is 0 Å². The zero-order chi connectivity index (χ0) is 14.7. The van der Waals surface area contributed by atoms with E-state index >= 15 is 0 Å². The Bertz CT molecular complexity index is 565. The quantitative estimate of drug-likeness (QED) is 0.810. The maximum atomic E-state index is 4.39. The molecule has 0 aromatic carbocycles. The van der Waals surface area contributed by atoms with Crippen LogP contribution in [-0.2, 0) is 20.0 Å². The van der Waals surface area contributed by atoms with Gasteiger partial charge in [0.25, 0.3) is 0 Å². The Balaban J connectivity index is 1.60. The van der Waals surface area contributed by atoms with Crippen molar-refractivity contribution >= 4 is 0 Å². The number of hydrogen-bond donors (Lipinski definition) is 1. The predicted molar refractivity (Wildman–Crippen MR) is 85.1 cm³/mol. The molecule has 1 N–H and O–H groups in total. The third kappa shape index (κ3) is 3.56. The van der Waals surface area contributed by atoms with Gasteiger partial charge in [-0.15, -0.1) is 0 Å².